The molecule has 214 valence electrons. The van der Waals surface area contributed by atoms with E-state index in [0.29, 0.717) is 23.6 Å². The highest BCUT2D eigenvalue weighted by molar-refractivity contribution is 5.99. The van der Waals surface area contributed by atoms with Crippen LogP contribution < -0.4 is 10.6 Å². The van der Waals surface area contributed by atoms with Crippen molar-refractivity contribution in [1.82, 2.24) is 10.2 Å². The van der Waals surface area contributed by atoms with E-state index in [-0.39, 0.29) is 11.9 Å². The van der Waals surface area contributed by atoms with Gasteiger partial charge in [0.15, 0.2) is 0 Å². The van der Waals surface area contributed by atoms with Crippen LogP contribution in [0, 0.1) is 19.8 Å². The third-order valence-corrected chi connectivity index (χ3v) is 6.35. The first-order valence-electron chi connectivity index (χ1n) is 13.6. The Hall–Kier alpha value is -3.39. The number of aliphatic hydroxyl groups excluding tert-OH is 1. The van der Waals surface area contributed by atoms with Crippen molar-refractivity contribution in [2.45, 2.75) is 92.0 Å². The van der Waals surface area contributed by atoms with Crippen LogP contribution in [0.4, 0.5) is 10.5 Å². The molecule has 0 heterocycles. The number of amides is 3. The van der Waals surface area contributed by atoms with Gasteiger partial charge in [0.2, 0.25) is 5.91 Å². The van der Waals surface area contributed by atoms with E-state index in [4.69, 9.17) is 4.74 Å². The van der Waals surface area contributed by atoms with Crippen LogP contribution in [0.2, 0.25) is 0 Å². The van der Waals surface area contributed by atoms with Gasteiger partial charge in [-0.05, 0) is 77.5 Å². The quantitative estimate of drug-likeness (QED) is 0.348. The van der Waals surface area contributed by atoms with Crippen LogP contribution in [0.5, 0.6) is 0 Å². The Bertz CT molecular complexity index is 1130. The van der Waals surface area contributed by atoms with Crippen molar-refractivity contribution in [2.24, 2.45) is 5.92 Å². The van der Waals surface area contributed by atoms with Crippen LogP contribution in [0.3, 0.4) is 0 Å². The Balaban J connectivity index is 2.57. The number of alkyl carbamates (subject to hydrolysis) is 1. The van der Waals surface area contributed by atoms with Gasteiger partial charge >= 0.3 is 6.09 Å². The Morgan fingerprint density at radius 1 is 0.974 bits per heavy atom. The second kappa shape index (κ2) is 14.1. The lowest BCUT2D eigenvalue weighted by molar-refractivity contribution is -0.144. The number of aryl methyl sites for hydroxylation is 2. The predicted octanol–water partition coefficient (Wildman–Crippen LogP) is 5.52. The Morgan fingerprint density at radius 2 is 1.64 bits per heavy atom. The summed E-state index contributed by atoms with van der Waals surface area (Å²) in [6.07, 6.45) is 0.642. The Morgan fingerprint density at radius 3 is 2.21 bits per heavy atom. The van der Waals surface area contributed by atoms with Crippen LogP contribution in [-0.2, 0) is 14.3 Å². The topological polar surface area (TPSA) is 108 Å². The molecule has 2 rings (SSSR count). The minimum atomic E-state index is -1.29. The van der Waals surface area contributed by atoms with Gasteiger partial charge in [-0.25, -0.2) is 4.79 Å². The van der Waals surface area contributed by atoms with Crippen molar-refractivity contribution < 1.29 is 24.2 Å². The van der Waals surface area contributed by atoms with E-state index in [2.05, 4.69) is 24.5 Å². The van der Waals surface area contributed by atoms with Gasteiger partial charge in [-0.2, -0.15) is 0 Å². The summed E-state index contributed by atoms with van der Waals surface area (Å²) in [5.74, 6) is -0.559. The number of rotatable bonds is 11. The van der Waals surface area contributed by atoms with Gasteiger partial charge in [-0.15, -0.1) is 0 Å². The average molecular weight is 540 g/mol. The van der Waals surface area contributed by atoms with Crippen LogP contribution in [0.1, 0.15) is 77.1 Å². The average Bonchev–Trinajstić information content (AvgIpc) is 2.84. The molecule has 3 unspecified atom stereocenters. The second-order valence-electron chi connectivity index (χ2n) is 11.6. The van der Waals surface area contributed by atoms with Gasteiger partial charge in [-0.3, -0.25) is 9.59 Å². The van der Waals surface area contributed by atoms with Gasteiger partial charge in [0.1, 0.15) is 17.7 Å². The molecule has 0 aliphatic carbocycles. The molecule has 8 nitrogen and oxygen atoms in total. The first-order valence-corrected chi connectivity index (χ1v) is 13.6. The molecule has 0 bridgehead atoms. The molecule has 39 heavy (non-hydrogen) atoms. The van der Waals surface area contributed by atoms with E-state index in [0.717, 1.165) is 17.5 Å². The second-order valence-corrected chi connectivity index (χ2v) is 11.6. The lowest BCUT2D eigenvalue weighted by Gasteiger charge is -2.38. The summed E-state index contributed by atoms with van der Waals surface area (Å²) >= 11 is 0. The number of carbonyl (C=O) groups excluding carboxylic acids is 3. The standard InChI is InChI=1S/C31H45N3O5/c1-20(2)16-17-23(5)34(29(37)26(19-35)33-30(38)39-31(6,7)8)27(24-14-11-12-21(3)18-24)28(36)32-25-15-10-9-13-22(25)4/h9-15,18,20,23,26-27,35H,16-17,19H2,1-8H3,(H,32,36)(H,33,38). The zero-order valence-corrected chi connectivity index (χ0v) is 24.6. The van der Waals surface area contributed by atoms with E-state index < -0.39 is 36.3 Å². The summed E-state index contributed by atoms with van der Waals surface area (Å²) in [5, 5.41) is 15.7. The van der Waals surface area contributed by atoms with E-state index >= 15 is 0 Å². The molecule has 3 amide bonds. The fraction of sp³-hybridized carbons (Fsp3) is 0.516. The third kappa shape index (κ3) is 9.70. The highest BCUT2D eigenvalue weighted by atomic mass is 16.6. The van der Waals surface area contributed by atoms with E-state index in [1.807, 2.05) is 69.3 Å². The SMILES string of the molecule is Cc1cccc(C(C(=O)Nc2ccccc2C)N(C(=O)C(CO)NC(=O)OC(C)(C)C)C(C)CCC(C)C)c1. The fourth-order valence-corrected chi connectivity index (χ4v) is 4.32. The highest BCUT2D eigenvalue weighted by Crippen LogP contribution is 2.29. The molecular weight excluding hydrogens is 494 g/mol. The molecule has 0 aliphatic heterocycles. The lowest BCUT2D eigenvalue weighted by Crippen LogP contribution is -2.56. The molecule has 0 aliphatic rings. The Labute approximate surface area is 233 Å². The number of aliphatic hydroxyl groups is 1. The smallest absolute Gasteiger partial charge is 0.408 e. The maximum Gasteiger partial charge on any atom is 0.408 e. The van der Waals surface area contributed by atoms with Gasteiger partial charge in [0.05, 0.1) is 6.61 Å². The van der Waals surface area contributed by atoms with Crippen LogP contribution in [0.15, 0.2) is 48.5 Å². The van der Waals surface area contributed by atoms with Gasteiger partial charge < -0.3 is 25.4 Å². The first-order chi connectivity index (χ1) is 18.2. The third-order valence-electron chi connectivity index (χ3n) is 6.35. The molecule has 0 saturated carbocycles. The Kier molecular flexibility index (Phi) is 11.5. The largest absolute Gasteiger partial charge is 0.444 e. The molecule has 0 aromatic heterocycles. The molecule has 2 aromatic carbocycles. The van der Waals surface area contributed by atoms with E-state index in [1.165, 1.54) is 4.90 Å². The molecular formula is C31H45N3O5. The van der Waals surface area contributed by atoms with Crippen LogP contribution in [-0.4, -0.2) is 52.2 Å². The molecule has 3 atom stereocenters. The number of ether oxygens (including phenoxy) is 1. The van der Waals surface area contributed by atoms with Crippen molar-refractivity contribution in [1.29, 1.82) is 0 Å². The molecule has 0 saturated heterocycles. The van der Waals surface area contributed by atoms with Crippen LogP contribution >= 0.6 is 0 Å². The molecule has 0 spiro atoms. The summed E-state index contributed by atoms with van der Waals surface area (Å²) in [6, 6.07) is 12.2. The molecule has 0 fully saturated rings. The molecule has 2 aromatic rings. The van der Waals surface area contributed by atoms with Crippen molar-refractivity contribution in [3.63, 3.8) is 0 Å². The van der Waals surface area contributed by atoms with Gasteiger partial charge in [-0.1, -0.05) is 61.9 Å². The highest BCUT2D eigenvalue weighted by Gasteiger charge is 2.39. The number of nitrogens with one attached hydrogen (secondary N) is 2. The number of hydrogen-bond acceptors (Lipinski definition) is 5. The number of para-hydroxylation sites is 1. The summed E-state index contributed by atoms with van der Waals surface area (Å²) < 4.78 is 5.33. The van der Waals surface area contributed by atoms with Crippen molar-refractivity contribution in [2.75, 3.05) is 11.9 Å². The molecule has 3 N–H and O–H groups in total. The van der Waals surface area contributed by atoms with Gasteiger partial charge in [0, 0.05) is 11.7 Å². The van der Waals surface area contributed by atoms with E-state index in [9.17, 15) is 19.5 Å². The summed E-state index contributed by atoms with van der Waals surface area (Å²) in [6.45, 7) is 14.4. The lowest BCUT2D eigenvalue weighted by atomic mass is 9.96. The fourth-order valence-electron chi connectivity index (χ4n) is 4.32. The number of anilines is 1. The van der Waals surface area contributed by atoms with Crippen LogP contribution in [0.25, 0.3) is 0 Å². The number of nitrogens with zero attached hydrogens (tertiary/aromatic N) is 1. The first kappa shape index (κ1) is 31.8. The van der Waals surface area contributed by atoms with Crippen molar-refractivity contribution in [3.05, 3.63) is 65.2 Å². The maximum absolute atomic E-state index is 14.1. The normalized spacial score (nSPS) is 13.8. The zero-order valence-electron chi connectivity index (χ0n) is 24.6. The predicted molar refractivity (Wildman–Crippen MR) is 154 cm³/mol. The van der Waals surface area contributed by atoms with E-state index in [1.54, 1.807) is 20.8 Å². The molecule has 0 radical (unpaired) electrons. The number of benzene rings is 2. The van der Waals surface area contributed by atoms with Crippen molar-refractivity contribution in [3.8, 4) is 0 Å². The maximum atomic E-state index is 14.1. The minimum Gasteiger partial charge on any atom is -0.444 e. The van der Waals surface area contributed by atoms with Gasteiger partial charge in [0.25, 0.3) is 5.91 Å². The summed E-state index contributed by atoms with van der Waals surface area (Å²) in [5.41, 5.74) is 2.33. The minimum absolute atomic E-state index is 0.373. The summed E-state index contributed by atoms with van der Waals surface area (Å²) in [4.78, 5) is 42.2. The zero-order chi connectivity index (χ0) is 29.3. The van der Waals surface area contributed by atoms with Crippen molar-refractivity contribution >= 4 is 23.6 Å². The summed E-state index contributed by atoms with van der Waals surface area (Å²) in [7, 11) is 0. The number of hydrogen-bond donors (Lipinski definition) is 3. The monoisotopic (exact) mass is 539 g/mol. The number of carbonyl (C=O) groups is 3. The molecule has 8 heteroatoms.